The van der Waals surface area contributed by atoms with Gasteiger partial charge in [-0.3, -0.25) is 9.52 Å². The van der Waals surface area contributed by atoms with Crippen molar-refractivity contribution in [1.82, 2.24) is 4.98 Å². The molecule has 0 spiro atoms. The van der Waals surface area contributed by atoms with Crippen LogP contribution in [-0.4, -0.2) is 25.9 Å². The molecule has 1 aromatic heterocycles. The minimum absolute atomic E-state index is 0.0452. The standard InChI is InChI=1S/C18H19N3O4S2/c1-4-25-16-8-6-13(19-11(2)22)10-18(16)27(23,24)21-14-5-7-15-17(9-14)26-12(3)20-15/h5-10,21H,4H2,1-3H3,(H,19,22). The van der Waals surface area contributed by atoms with Crippen LogP contribution in [0.1, 0.15) is 18.9 Å². The van der Waals surface area contributed by atoms with E-state index >= 15 is 0 Å². The van der Waals surface area contributed by atoms with Gasteiger partial charge >= 0.3 is 0 Å². The third-order valence-electron chi connectivity index (χ3n) is 3.60. The molecule has 9 heteroatoms. The Balaban J connectivity index is 1.99. The summed E-state index contributed by atoms with van der Waals surface area (Å²) in [6, 6.07) is 9.68. The molecular formula is C18H19N3O4S2. The van der Waals surface area contributed by atoms with Crippen LogP contribution in [0.3, 0.4) is 0 Å². The molecule has 0 aliphatic carbocycles. The third kappa shape index (κ3) is 4.37. The number of rotatable bonds is 6. The van der Waals surface area contributed by atoms with Gasteiger partial charge in [0, 0.05) is 12.6 Å². The second kappa shape index (κ2) is 7.53. The van der Waals surface area contributed by atoms with E-state index in [9.17, 15) is 13.2 Å². The molecule has 0 saturated heterocycles. The minimum atomic E-state index is -3.93. The van der Waals surface area contributed by atoms with Gasteiger partial charge < -0.3 is 10.1 Å². The highest BCUT2D eigenvalue weighted by atomic mass is 32.2. The Kier molecular flexibility index (Phi) is 5.33. The molecule has 0 atom stereocenters. The van der Waals surface area contributed by atoms with Gasteiger partial charge in [-0.15, -0.1) is 11.3 Å². The van der Waals surface area contributed by atoms with Crippen molar-refractivity contribution < 1.29 is 17.9 Å². The van der Waals surface area contributed by atoms with Gasteiger partial charge in [-0.25, -0.2) is 13.4 Å². The summed E-state index contributed by atoms with van der Waals surface area (Å²) in [6.45, 7) is 5.34. The summed E-state index contributed by atoms with van der Waals surface area (Å²) in [4.78, 5) is 15.6. The van der Waals surface area contributed by atoms with E-state index in [1.54, 1.807) is 31.2 Å². The monoisotopic (exact) mass is 405 g/mol. The molecule has 0 unspecified atom stereocenters. The summed E-state index contributed by atoms with van der Waals surface area (Å²) in [5.41, 5.74) is 1.63. The van der Waals surface area contributed by atoms with E-state index in [1.165, 1.54) is 30.4 Å². The number of nitrogens with zero attached hydrogens (tertiary/aromatic N) is 1. The molecule has 7 nitrogen and oxygen atoms in total. The zero-order valence-corrected chi connectivity index (χ0v) is 16.7. The minimum Gasteiger partial charge on any atom is -0.492 e. The highest BCUT2D eigenvalue weighted by Crippen LogP contribution is 2.31. The molecule has 0 aliphatic rings. The van der Waals surface area contributed by atoms with Crippen LogP contribution in [0.25, 0.3) is 10.2 Å². The van der Waals surface area contributed by atoms with Crippen molar-refractivity contribution in [3.63, 3.8) is 0 Å². The summed E-state index contributed by atoms with van der Waals surface area (Å²) in [5.74, 6) is -0.0738. The van der Waals surface area contributed by atoms with Crippen LogP contribution >= 0.6 is 11.3 Å². The average molecular weight is 406 g/mol. The summed E-state index contributed by atoms with van der Waals surface area (Å²) in [7, 11) is -3.93. The van der Waals surface area contributed by atoms with Crippen molar-refractivity contribution in [1.29, 1.82) is 0 Å². The predicted octanol–water partition coefficient (Wildman–Crippen LogP) is 3.76. The maximum Gasteiger partial charge on any atom is 0.265 e. The Bertz CT molecular complexity index is 1110. The van der Waals surface area contributed by atoms with Gasteiger partial charge in [-0.1, -0.05) is 0 Å². The molecule has 142 valence electrons. The van der Waals surface area contributed by atoms with E-state index in [1.807, 2.05) is 6.92 Å². The van der Waals surface area contributed by atoms with Crippen LogP contribution in [-0.2, 0) is 14.8 Å². The fourth-order valence-corrected chi connectivity index (χ4v) is 4.67. The summed E-state index contributed by atoms with van der Waals surface area (Å²) in [6.07, 6.45) is 0. The molecule has 2 N–H and O–H groups in total. The van der Waals surface area contributed by atoms with Gasteiger partial charge in [0.05, 0.1) is 27.5 Å². The number of anilines is 2. The Morgan fingerprint density at radius 1 is 1.19 bits per heavy atom. The lowest BCUT2D eigenvalue weighted by molar-refractivity contribution is -0.114. The van der Waals surface area contributed by atoms with Gasteiger partial charge in [0.15, 0.2) is 0 Å². The number of benzene rings is 2. The van der Waals surface area contributed by atoms with Crippen molar-refractivity contribution in [2.45, 2.75) is 25.7 Å². The lowest BCUT2D eigenvalue weighted by Gasteiger charge is -2.14. The average Bonchev–Trinajstić information content (AvgIpc) is 2.95. The molecule has 2 aromatic carbocycles. The first kappa shape index (κ1) is 19.1. The number of hydrogen-bond acceptors (Lipinski definition) is 6. The second-order valence-electron chi connectivity index (χ2n) is 5.80. The summed E-state index contributed by atoms with van der Waals surface area (Å²) < 4.78 is 34.8. The van der Waals surface area contributed by atoms with Crippen molar-refractivity contribution in [3.8, 4) is 5.75 Å². The normalized spacial score (nSPS) is 11.4. The lowest BCUT2D eigenvalue weighted by atomic mass is 10.3. The summed E-state index contributed by atoms with van der Waals surface area (Å²) >= 11 is 1.49. The van der Waals surface area contributed by atoms with Crippen molar-refractivity contribution in [2.75, 3.05) is 16.6 Å². The number of ether oxygens (including phenoxy) is 1. The zero-order valence-electron chi connectivity index (χ0n) is 15.1. The van der Waals surface area contributed by atoms with Crippen LogP contribution < -0.4 is 14.8 Å². The van der Waals surface area contributed by atoms with Crippen LogP contribution in [0.4, 0.5) is 11.4 Å². The van der Waals surface area contributed by atoms with Crippen LogP contribution in [0.5, 0.6) is 5.75 Å². The van der Waals surface area contributed by atoms with E-state index < -0.39 is 10.0 Å². The quantitative estimate of drug-likeness (QED) is 0.651. The molecular weight excluding hydrogens is 386 g/mol. The van der Waals surface area contributed by atoms with E-state index in [0.717, 1.165) is 15.2 Å². The number of thiazole rings is 1. The second-order valence-corrected chi connectivity index (χ2v) is 8.68. The van der Waals surface area contributed by atoms with Gasteiger partial charge in [-0.05, 0) is 50.2 Å². The number of nitrogens with one attached hydrogen (secondary N) is 2. The maximum atomic E-state index is 13.0. The number of aryl methyl sites for hydroxylation is 1. The maximum absolute atomic E-state index is 13.0. The number of aromatic nitrogens is 1. The van der Waals surface area contributed by atoms with E-state index in [2.05, 4.69) is 15.0 Å². The van der Waals surface area contributed by atoms with Gasteiger partial charge in [-0.2, -0.15) is 0 Å². The molecule has 0 aliphatic heterocycles. The largest absolute Gasteiger partial charge is 0.492 e. The van der Waals surface area contributed by atoms with Crippen LogP contribution in [0, 0.1) is 6.92 Å². The number of amides is 1. The molecule has 1 amide bonds. The highest BCUT2D eigenvalue weighted by molar-refractivity contribution is 7.92. The molecule has 0 radical (unpaired) electrons. The highest BCUT2D eigenvalue weighted by Gasteiger charge is 2.21. The Labute approximate surface area is 161 Å². The van der Waals surface area contributed by atoms with Gasteiger partial charge in [0.1, 0.15) is 10.6 Å². The van der Waals surface area contributed by atoms with Crippen molar-refractivity contribution in [2.24, 2.45) is 0 Å². The van der Waals surface area contributed by atoms with Crippen LogP contribution in [0.2, 0.25) is 0 Å². The molecule has 0 bridgehead atoms. The number of hydrogen-bond donors (Lipinski definition) is 2. The SMILES string of the molecule is CCOc1ccc(NC(C)=O)cc1S(=O)(=O)Nc1ccc2nc(C)sc2c1. The fourth-order valence-electron chi connectivity index (χ4n) is 2.59. The number of carbonyl (C=O) groups is 1. The molecule has 3 aromatic rings. The van der Waals surface area contributed by atoms with Crippen molar-refractivity contribution >= 4 is 48.9 Å². The molecule has 27 heavy (non-hydrogen) atoms. The number of sulfonamides is 1. The first-order valence-electron chi connectivity index (χ1n) is 8.23. The lowest BCUT2D eigenvalue weighted by Crippen LogP contribution is -2.15. The third-order valence-corrected chi connectivity index (χ3v) is 5.94. The summed E-state index contributed by atoms with van der Waals surface area (Å²) in [5, 5.41) is 3.49. The first-order valence-corrected chi connectivity index (χ1v) is 10.5. The van der Waals surface area contributed by atoms with Crippen LogP contribution in [0.15, 0.2) is 41.3 Å². The molecule has 1 heterocycles. The fraction of sp³-hybridized carbons (Fsp3) is 0.222. The Hall–Kier alpha value is -2.65. The Morgan fingerprint density at radius 2 is 1.93 bits per heavy atom. The molecule has 0 saturated carbocycles. The zero-order chi connectivity index (χ0) is 19.6. The smallest absolute Gasteiger partial charge is 0.265 e. The predicted molar refractivity (Wildman–Crippen MR) is 107 cm³/mol. The van der Waals surface area contributed by atoms with E-state index in [4.69, 9.17) is 4.74 Å². The van der Waals surface area contributed by atoms with Crippen molar-refractivity contribution in [3.05, 3.63) is 41.4 Å². The number of fused-ring (bicyclic) bond motifs is 1. The van der Waals surface area contributed by atoms with Gasteiger partial charge in [0.2, 0.25) is 5.91 Å². The Morgan fingerprint density at radius 3 is 2.63 bits per heavy atom. The topological polar surface area (TPSA) is 97.4 Å². The molecule has 3 rings (SSSR count). The number of carbonyl (C=O) groups excluding carboxylic acids is 1. The first-order chi connectivity index (χ1) is 12.8. The van der Waals surface area contributed by atoms with Gasteiger partial charge in [0.25, 0.3) is 10.0 Å². The van der Waals surface area contributed by atoms with E-state index in [0.29, 0.717) is 18.0 Å². The molecule has 0 fully saturated rings. The van der Waals surface area contributed by atoms with E-state index in [-0.39, 0.29) is 16.6 Å².